The summed E-state index contributed by atoms with van der Waals surface area (Å²) < 4.78 is 23.0. The molecule has 1 aromatic heterocycles. The van der Waals surface area contributed by atoms with E-state index in [0.29, 0.717) is 0 Å². The average Bonchev–Trinajstić information content (AvgIpc) is 2.80. The van der Waals surface area contributed by atoms with E-state index in [9.17, 15) is 13.2 Å². The molecule has 2 rings (SSSR count). The summed E-state index contributed by atoms with van der Waals surface area (Å²) in [5.41, 5.74) is 0.0148. The minimum atomic E-state index is -3.51. The quantitative estimate of drug-likeness (QED) is 0.852. The normalized spacial score (nSPS) is 11.3. The Kier molecular flexibility index (Phi) is 3.49. The Labute approximate surface area is 113 Å². The number of H-pyrrole nitrogens is 1. The topological polar surface area (TPSA) is 118 Å². The van der Waals surface area contributed by atoms with Crippen LogP contribution >= 0.6 is 11.6 Å². The summed E-state index contributed by atoms with van der Waals surface area (Å²) in [5.74, 6) is -0.583. The highest BCUT2D eigenvalue weighted by Gasteiger charge is 2.19. The van der Waals surface area contributed by atoms with Gasteiger partial charge in [0.2, 0.25) is 5.95 Å². The Hall–Kier alpha value is -2.00. The lowest BCUT2D eigenvalue weighted by Crippen LogP contribution is -2.14. The number of halogens is 1. The van der Waals surface area contributed by atoms with Crippen LogP contribution in [-0.2, 0) is 9.84 Å². The van der Waals surface area contributed by atoms with Gasteiger partial charge in [-0.3, -0.25) is 10.1 Å². The Morgan fingerprint density at radius 3 is 2.74 bits per heavy atom. The number of nitrogens with one attached hydrogen (secondary N) is 2. The maximum atomic E-state index is 11.9. The molecular weight excluding hydrogens is 294 g/mol. The molecule has 2 aromatic rings. The molecule has 0 bridgehead atoms. The molecular formula is C9H8ClN5O3S. The summed E-state index contributed by atoms with van der Waals surface area (Å²) in [4.78, 5) is 11.8. The van der Waals surface area contributed by atoms with Crippen molar-refractivity contribution in [2.75, 3.05) is 11.6 Å². The van der Waals surface area contributed by atoms with Crippen molar-refractivity contribution < 1.29 is 13.2 Å². The van der Waals surface area contributed by atoms with Crippen molar-refractivity contribution >= 4 is 33.3 Å². The predicted octanol–water partition coefficient (Wildman–Crippen LogP) is 0.509. The van der Waals surface area contributed by atoms with Crippen molar-refractivity contribution in [3.63, 3.8) is 0 Å². The summed E-state index contributed by atoms with van der Waals surface area (Å²) in [6.07, 6.45) is 1.01. The average molecular weight is 302 g/mol. The number of sulfone groups is 1. The fraction of sp³-hybridized carbons (Fsp3) is 0.111. The van der Waals surface area contributed by atoms with Crippen molar-refractivity contribution in [2.24, 2.45) is 0 Å². The zero-order chi connectivity index (χ0) is 14.0. The Morgan fingerprint density at radius 2 is 2.16 bits per heavy atom. The molecule has 0 saturated heterocycles. The molecule has 0 aliphatic carbocycles. The van der Waals surface area contributed by atoms with Gasteiger partial charge in [0, 0.05) is 6.26 Å². The lowest BCUT2D eigenvalue weighted by atomic mass is 10.2. The number of benzene rings is 1. The molecule has 0 saturated carbocycles. The number of aromatic nitrogens is 4. The molecule has 0 aliphatic heterocycles. The van der Waals surface area contributed by atoms with Crippen LogP contribution in [0.2, 0.25) is 5.02 Å². The molecule has 100 valence electrons. The van der Waals surface area contributed by atoms with Crippen LogP contribution in [-0.4, -0.2) is 41.2 Å². The molecule has 0 fully saturated rings. The van der Waals surface area contributed by atoms with Crippen LogP contribution < -0.4 is 5.32 Å². The van der Waals surface area contributed by atoms with Crippen LogP contribution in [0.4, 0.5) is 5.95 Å². The summed E-state index contributed by atoms with van der Waals surface area (Å²) in [6.45, 7) is 0. The number of tetrazole rings is 1. The number of amides is 1. The molecule has 1 aromatic carbocycles. The third-order valence-electron chi connectivity index (χ3n) is 2.18. The van der Waals surface area contributed by atoms with Crippen molar-refractivity contribution in [1.82, 2.24) is 20.6 Å². The van der Waals surface area contributed by atoms with E-state index in [1.165, 1.54) is 18.2 Å². The lowest BCUT2D eigenvalue weighted by Gasteiger charge is -2.07. The zero-order valence-electron chi connectivity index (χ0n) is 9.58. The first-order valence-corrected chi connectivity index (χ1v) is 7.20. The van der Waals surface area contributed by atoms with Crippen LogP contribution in [0.5, 0.6) is 0 Å². The summed E-state index contributed by atoms with van der Waals surface area (Å²) in [5, 5.41) is 14.6. The van der Waals surface area contributed by atoms with E-state index in [-0.39, 0.29) is 21.4 Å². The summed E-state index contributed by atoms with van der Waals surface area (Å²) in [6, 6.07) is 4.15. The van der Waals surface area contributed by atoms with Crippen LogP contribution in [0.1, 0.15) is 10.4 Å². The molecule has 2 N–H and O–H groups in total. The molecule has 0 atom stereocenters. The monoisotopic (exact) mass is 301 g/mol. The fourth-order valence-electron chi connectivity index (χ4n) is 1.36. The molecule has 1 amide bonds. The largest absolute Gasteiger partial charge is 0.289 e. The Morgan fingerprint density at radius 1 is 1.42 bits per heavy atom. The molecule has 19 heavy (non-hydrogen) atoms. The van der Waals surface area contributed by atoms with Gasteiger partial charge in [0.25, 0.3) is 5.91 Å². The van der Waals surface area contributed by atoms with Crippen LogP contribution in [0.15, 0.2) is 23.1 Å². The number of anilines is 1. The molecule has 0 aliphatic rings. The first-order valence-electron chi connectivity index (χ1n) is 4.93. The molecule has 10 heteroatoms. The van der Waals surface area contributed by atoms with Crippen LogP contribution in [0.25, 0.3) is 0 Å². The highest BCUT2D eigenvalue weighted by molar-refractivity contribution is 7.90. The minimum absolute atomic E-state index is 0.0148. The SMILES string of the molecule is CS(=O)(=O)c1cccc(C(=O)Nc2nnn[nH]2)c1Cl. The highest BCUT2D eigenvalue weighted by Crippen LogP contribution is 2.25. The maximum absolute atomic E-state index is 11.9. The van der Waals surface area contributed by atoms with Crippen molar-refractivity contribution in [3.05, 3.63) is 28.8 Å². The number of rotatable bonds is 3. The van der Waals surface area contributed by atoms with E-state index in [2.05, 4.69) is 25.9 Å². The number of carbonyl (C=O) groups is 1. The first-order chi connectivity index (χ1) is 8.89. The molecule has 0 spiro atoms. The standard InChI is InChI=1S/C9H8ClN5O3S/c1-19(17,18)6-4-2-3-5(7(6)10)8(16)11-9-12-14-15-13-9/h2-4H,1H3,(H2,11,12,13,14,15,16). The lowest BCUT2D eigenvalue weighted by molar-refractivity contribution is 0.102. The van der Waals surface area contributed by atoms with Gasteiger partial charge in [0.15, 0.2) is 9.84 Å². The zero-order valence-corrected chi connectivity index (χ0v) is 11.2. The third-order valence-corrected chi connectivity index (χ3v) is 3.84. The molecule has 8 nitrogen and oxygen atoms in total. The predicted molar refractivity (Wildman–Crippen MR) is 66.7 cm³/mol. The minimum Gasteiger partial charge on any atom is -0.289 e. The van der Waals surface area contributed by atoms with Crippen molar-refractivity contribution in [3.8, 4) is 0 Å². The number of carbonyl (C=O) groups excluding carboxylic acids is 1. The highest BCUT2D eigenvalue weighted by atomic mass is 35.5. The van der Waals surface area contributed by atoms with Gasteiger partial charge in [-0.15, -0.1) is 0 Å². The second-order valence-electron chi connectivity index (χ2n) is 3.59. The van der Waals surface area contributed by atoms with Gasteiger partial charge in [-0.05, 0) is 22.6 Å². The molecule has 1 heterocycles. The van der Waals surface area contributed by atoms with Gasteiger partial charge in [-0.25, -0.2) is 13.5 Å². The number of nitrogens with zero attached hydrogens (tertiary/aromatic N) is 3. The Bertz CT molecular complexity index is 713. The van der Waals surface area contributed by atoms with E-state index in [1.54, 1.807) is 0 Å². The fourth-order valence-corrected chi connectivity index (χ4v) is 2.75. The second-order valence-corrected chi connectivity index (χ2v) is 5.96. The maximum Gasteiger partial charge on any atom is 0.259 e. The van der Waals surface area contributed by atoms with Gasteiger partial charge >= 0.3 is 0 Å². The molecule has 0 unspecified atom stereocenters. The number of hydrogen-bond acceptors (Lipinski definition) is 6. The van der Waals surface area contributed by atoms with Crippen molar-refractivity contribution in [2.45, 2.75) is 4.90 Å². The smallest absolute Gasteiger partial charge is 0.259 e. The van der Waals surface area contributed by atoms with E-state index in [1.807, 2.05) is 0 Å². The summed E-state index contributed by atoms with van der Waals surface area (Å²) >= 11 is 5.93. The van der Waals surface area contributed by atoms with Crippen LogP contribution in [0, 0.1) is 0 Å². The van der Waals surface area contributed by atoms with E-state index in [4.69, 9.17) is 11.6 Å². The number of aromatic amines is 1. The number of hydrogen-bond donors (Lipinski definition) is 2. The van der Waals surface area contributed by atoms with E-state index in [0.717, 1.165) is 6.26 Å². The Balaban J connectivity index is 2.38. The van der Waals surface area contributed by atoms with Gasteiger partial charge in [0.1, 0.15) is 0 Å². The van der Waals surface area contributed by atoms with E-state index < -0.39 is 15.7 Å². The van der Waals surface area contributed by atoms with Gasteiger partial charge in [0.05, 0.1) is 15.5 Å². The first kappa shape index (κ1) is 13.4. The van der Waals surface area contributed by atoms with Gasteiger partial charge < -0.3 is 0 Å². The van der Waals surface area contributed by atoms with Crippen molar-refractivity contribution in [1.29, 1.82) is 0 Å². The second kappa shape index (κ2) is 4.94. The van der Waals surface area contributed by atoms with E-state index >= 15 is 0 Å². The van der Waals surface area contributed by atoms with Crippen LogP contribution in [0.3, 0.4) is 0 Å². The summed E-state index contributed by atoms with van der Waals surface area (Å²) in [7, 11) is -3.51. The van der Waals surface area contributed by atoms with Gasteiger partial charge in [-0.2, -0.15) is 0 Å². The molecule has 0 radical (unpaired) electrons. The third kappa shape index (κ3) is 2.88. The van der Waals surface area contributed by atoms with Gasteiger partial charge in [-0.1, -0.05) is 22.8 Å².